The van der Waals surface area contributed by atoms with Crippen molar-refractivity contribution < 1.29 is 13.6 Å². The molecule has 0 fully saturated rings. The average Bonchev–Trinajstić information content (AvgIpc) is 2.17. The molecular formula is C10H12F2N2O. The first-order chi connectivity index (χ1) is 6.95. The highest BCUT2D eigenvalue weighted by Gasteiger charge is 2.29. The van der Waals surface area contributed by atoms with Crippen LogP contribution in [0.25, 0.3) is 0 Å². The van der Waals surface area contributed by atoms with E-state index in [-0.39, 0.29) is 11.5 Å². The molecule has 3 N–H and O–H groups in total. The summed E-state index contributed by atoms with van der Waals surface area (Å²) < 4.78 is 26.3. The van der Waals surface area contributed by atoms with Gasteiger partial charge in [-0.25, -0.2) is 0 Å². The third kappa shape index (κ3) is 2.99. The fraction of sp³-hybridized carbons (Fsp3) is 0.300. The Kier molecular flexibility index (Phi) is 3.36. The number of nitrogens with two attached hydrogens (primary N) is 1. The molecule has 0 aromatic heterocycles. The highest BCUT2D eigenvalue weighted by molar-refractivity contribution is 5.88. The zero-order valence-electron chi connectivity index (χ0n) is 8.26. The van der Waals surface area contributed by atoms with Gasteiger partial charge in [-0.1, -0.05) is 12.1 Å². The Balaban J connectivity index is 2.97. The number of benzene rings is 1. The van der Waals surface area contributed by atoms with Crippen LogP contribution < -0.4 is 11.1 Å². The molecule has 82 valence electrons. The molecule has 3 nitrogen and oxygen atoms in total. The van der Waals surface area contributed by atoms with Crippen molar-refractivity contribution in [1.82, 2.24) is 0 Å². The summed E-state index contributed by atoms with van der Waals surface area (Å²) in [4.78, 5) is 10.7. The molecule has 15 heavy (non-hydrogen) atoms. The lowest BCUT2D eigenvalue weighted by Gasteiger charge is -2.15. The maximum atomic E-state index is 13.2. The molecule has 0 aliphatic carbocycles. The number of anilines is 1. The molecule has 1 amide bonds. The van der Waals surface area contributed by atoms with Crippen molar-refractivity contribution in [2.75, 3.05) is 11.9 Å². The van der Waals surface area contributed by atoms with Gasteiger partial charge in [0.2, 0.25) is 5.91 Å². The predicted molar refractivity (Wildman–Crippen MR) is 53.7 cm³/mol. The molecule has 0 heterocycles. The topological polar surface area (TPSA) is 55.1 Å². The predicted octanol–water partition coefficient (Wildman–Crippen LogP) is 1.70. The number of nitrogens with one attached hydrogen (secondary N) is 1. The van der Waals surface area contributed by atoms with Crippen LogP contribution in [0.5, 0.6) is 0 Å². The van der Waals surface area contributed by atoms with Gasteiger partial charge in [0.1, 0.15) is 0 Å². The van der Waals surface area contributed by atoms with Crippen molar-refractivity contribution in [3.8, 4) is 0 Å². The summed E-state index contributed by atoms with van der Waals surface area (Å²) in [6.07, 6.45) is 0. The zero-order valence-corrected chi connectivity index (χ0v) is 8.26. The van der Waals surface area contributed by atoms with Crippen molar-refractivity contribution in [3.05, 3.63) is 29.8 Å². The summed E-state index contributed by atoms with van der Waals surface area (Å²) in [6.45, 7) is 0.560. The van der Waals surface area contributed by atoms with Crippen molar-refractivity contribution in [2.24, 2.45) is 5.73 Å². The van der Waals surface area contributed by atoms with E-state index < -0.39 is 12.5 Å². The average molecular weight is 214 g/mol. The maximum Gasteiger partial charge on any atom is 0.285 e. The molecule has 1 rings (SSSR count). The first kappa shape index (κ1) is 11.6. The Bertz CT molecular complexity index is 366. The molecule has 5 heteroatoms. The monoisotopic (exact) mass is 214 g/mol. The summed E-state index contributed by atoms with van der Waals surface area (Å²) in [5.74, 6) is -3.36. The molecular weight excluding hydrogens is 202 g/mol. The molecule has 0 unspecified atom stereocenters. The first-order valence-corrected chi connectivity index (χ1v) is 4.42. The van der Waals surface area contributed by atoms with E-state index in [0.29, 0.717) is 5.69 Å². The molecule has 0 aliphatic heterocycles. The Morgan fingerprint density at radius 1 is 1.53 bits per heavy atom. The van der Waals surface area contributed by atoms with Gasteiger partial charge in [0.25, 0.3) is 5.92 Å². The van der Waals surface area contributed by atoms with Gasteiger partial charge < -0.3 is 11.1 Å². The standard InChI is InChI=1S/C10H12F2N2O/c1-7(15)14-9-4-2-3-8(5-9)10(11,12)6-13/h2-5H,6,13H2,1H3,(H,14,15). The van der Waals surface area contributed by atoms with Crippen LogP contribution in [0.3, 0.4) is 0 Å². The van der Waals surface area contributed by atoms with Crippen LogP contribution in [0, 0.1) is 0 Å². The lowest BCUT2D eigenvalue weighted by molar-refractivity contribution is -0.114. The summed E-state index contributed by atoms with van der Waals surface area (Å²) in [5.41, 5.74) is 5.10. The van der Waals surface area contributed by atoms with E-state index in [1.807, 2.05) is 0 Å². The smallest absolute Gasteiger partial charge is 0.285 e. The van der Waals surface area contributed by atoms with Crippen molar-refractivity contribution in [3.63, 3.8) is 0 Å². The highest BCUT2D eigenvalue weighted by atomic mass is 19.3. The van der Waals surface area contributed by atoms with E-state index in [0.717, 1.165) is 0 Å². The fourth-order valence-corrected chi connectivity index (χ4v) is 1.15. The van der Waals surface area contributed by atoms with Crippen molar-refractivity contribution in [2.45, 2.75) is 12.8 Å². The van der Waals surface area contributed by atoms with E-state index in [1.54, 1.807) is 0 Å². The molecule has 0 spiro atoms. The van der Waals surface area contributed by atoms with Crippen LogP contribution in [0.4, 0.5) is 14.5 Å². The minimum absolute atomic E-state index is 0.198. The minimum Gasteiger partial charge on any atom is -0.326 e. The third-order valence-electron chi connectivity index (χ3n) is 1.86. The summed E-state index contributed by atoms with van der Waals surface area (Å²) in [6, 6.07) is 5.48. The lowest BCUT2D eigenvalue weighted by Crippen LogP contribution is -2.25. The Morgan fingerprint density at radius 3 is 2.73 bits per heavy atom. The number of halogens is 2. The Hall–Kier alpha value is -1.49. The highest BCUT2D eigenvalue weighted by Crippen LogP contribution is 2.28. The quantitative estimate of drug-likeness (QED) is 0.804. The van der Waals surface area contributed by atoms with Crippen LogP contribution >= 0.6 is 0 Å². The fourth-order valence-electron chi connectivity index (χ4n) is 1.15. The maximum absolute atomic E-state index is 13.2. The first-order valence-electron chi connectivity index (χ1n) is 4.42. The number of hydrogen-bond donors (Lipinski definition) is 2. The van der Waals surface area contributed by atoms with Gasteiger partial charge in [0, 0.05) is 18.2 Å². The second kappa shape index (κ2) is 4.35. The van der Waals surface area contributed by atoms with E-state index in [1.165, 1.54) is 31.2 Å². The van der Waals surface area contributed by atoms with Gasteiger partial charge in [-0.3, -0.25) is 4.79 Å². The third-order valence-corrected chi connectivity index (χ3v) is 1.86. The number of amides is 1. The van der Waals surface area contributed by atoms with Gasteiger partial charge >= 0.3 is 0 Å². The zero-order chi connectivity index (χ0) is 11.5. The molecule has 0 saturated heterocycles. The van der Waals surface area contributed by atoms with Crippen LogP contribution in [0.15, 0.2) is 24.3 Å². The van der Waals surface area contributed by atoms with E-state index in [9.17, 15) is 13.6 Å². The Morgan fingerprint density at radius 2 is 2.20 bits per heavy atom. The largest absolute Gasteiger partial charge is 0.326 e. The van der Waals surface area contributed by atoms with E-state index in [2.05, 4.69) is 5.32 Å². The second-order valence-electron chi connectivity index (χ2n) is 3.17. The molecule has 0 atom stereocenters. The normalized spacial score (nSPS) is 11.2. The lowest BCUT2D eigenvalue weighted by atomic mass is 10.1. The van der Waals surface area contributed by atoms with E-state index in [4.69, 9.17) is 5.73 Å². The number of carbonyl (C=O) groups excluding carboxylic acids is 1. The minimum atomic E-state index is -3.06. The number of carbonyl (C=O) groups is 1. The molecule has 0 saturated carbocycles. The Labute approximate surface area is 86.3 Å². The van der Waals surface area contributed by atoms with Crippen molar-refractivity contribution >= 4 is 11.6 Å². The van der Waals surface area contributed by atoms with Gasteiger partial charge in [-0.2, -0.15) is 8.78 Å². The summed E-state index contributed by atoms with van der Waals surface area (Å²) in [5, 5.41) is 2.43. The molecule has 1 aromatic carbocycles. The van der Waals surface area contributed by atoms with E-state index >= 15 is 0 Å². The van der Waals surface area contributed by atoms with Gasteiger partial charge in [-0.05, 0) is 12.1 Å². The molecule has 0 radical (unpaired) electrons. The van der Waals surface area contributed by atoms with Gasteiger partial charge in [0.05, 0.1) is 6.54 Å². The van der Waals surface area contributed by atoms with Crippen LogP contribution in [-0.4, -0.2) is 12.5 Å². The number of alkyl halides is 2. The SMILES string of the molecule is CC(=O)Nc1cccc(C(F)(F)CN)c1. The van der Waals surface area contributed by atoms with Crippen LogP contribution in [0.1, 0.15) is 12.5 Å². The molecule has 1 aromatic rings. The van der Waals surface area contributed by atoms with Gasteiger partial charge in [-0.15, -0.1) is 0 Å². The molecule has 0 bridgehead atoms. The van der Waals surface area contributed by atoms with Gasteiger partial charge in [0.15, 0.2) is 0 Å². The summed E-state index contributed by atoms with van der Waals surface area (Å²) in [7, 11) is 0. The molecule has 0 aliphatic rings. The van der Waals surface area contributed by atoms with Crippen LogP contribution in [0.2, 0.25) is 0 Å². The number of hydrogen-bond acceptors (Lipinski definition) is 2. The van der Waals surface area contributed by atoms with Crippen LogP contribution in [-0.2, 0) is 10.7 Å². The number of rotatable bonds is 3. The summed E-state index contributed by atoms with van der Waals surface area (Å²) >= 11 is 0. The van der Waals surface area contributed by atoms with Crippen molar-refractivity contribution in [1.29, 1.82) is 0 Å². The second-order valence-corrected chi connectivity index (χ2v) is 3.17.